The Balaban J connectivity index is 1.74. The van der Waals surface area contributed by atoms with E-state index in [0.29, 0.717) is 11.1 Å². The second-order valence-corrected chi connectivity index (χ2v) is 9.04. The summed E-state index contributed by atoms with van der Waals surface area (Å²) in [5.41, 5.74) is 0.927. The van der Waals surface area contributed by atoms with Crippen molar-refractivity contribution in [1.29, 1.82) is 0 Å². The van der Waals surface area contributed by atoms with Crippen LogP contribution in [0.25, 0.3) is 11.1 Å². The quantitative estimate of drug-likeness (QED) is 0.764. The van der Waals surface area contributed by atoms with Gasteiger partial charge in [0, 0.05) is 25.2 Å². The van der Waals surface area contributed by atoms with Crippen molar-refractivity contribution in [3.05, 3.63) is 53.6 Å². The van der Waals surface area contributed by atoms with Crippen LogP contribution in [0.1, 0.15) is 10.4 Å². The van der Waals surface area contributed by atoms with Crippen LogP contribution in [0, 0.1) is 11.6 Å². The Bertz CT molecular complexity index is 1070. The predicted octanol–water partition coefficient (Wildman–Crippen LogP) is 2.11. The van der Waals surface area contributed by atoms with Gasteiger partial charge in [0.15, 0.2) is 0 Å². The molecule has 0 spiro atoms. The summed E-state index contributed by atoms with van der Waals surface area (Å²) in [6, 6.07) is 7.48. The number of benzene rings is 2. The lowest BCUT2D eigenvalue weighted by atomic mass is 10.0. The van der Waals surface area contributed by atoms with Crippen LogP contribution < -0.4 is 4.74 Å². The topological polar surface area (TPSA) is 66.9 Å². The molecule has 0 N–H and O–H groups in total. The van der Waals surface area contributed by atoms with Gasteiger partial charge < -0.3 is 9.64 Å². The van der Waals surface area contributed by atoms with E-state index in [9.17, 15) is 22.0 Å². The highest BCUT2D eigenvalue weighted by molar-refractivity contribution is 7.88. The van der Waals surface area contributed by atoms with Crippen molar-refractivity contribution in [2.45, 2.75) is 12.1 Å². The molecular weight excluding hydrogens is 390 g/mol. The summed E-state index contributed by atoms with van der Waals surface area (Å²) in [5, 5.41) is 0. The molecule has 9 heteroatoms. The van der Waals surface area contributed by atoms with Gasteiger partial charge in [0.25, 0.3) is 5.91 Å². The van der Waals surface area contributed by atoms with Gasteiger partial charge in [-0.15, -0.1) is 0 Å². The molecule has 6 nitrogen and oxygen atoms in total. The zero-order valence-corrected chi connectivity index (χ0v) is 16.0. The van der Waals surface area contributed by atoms with Gasteiger partial charge in [-0.3, -0.25) is 4.79 Å². The van der Waals surface area contributed by atoms with Crippen LogP contribution in [0.3, 0.4) is 0 Å². The number of halogens is 2. The van der Waals surface area contributed by atoms with Crippen molar-refractivity contribution in [3.63, 3.8) is 0 Å². The molecule has 2 aliphatic rings. The van der Waals surface area contributed by atoms with Crippen molar-refractivity contribution in [3.8, 4) is 16.9 Å². The minimum absolute atomic E-state index is 0.121. The molecule has 2 aromatic rings. The van der Waals surface area contributed by atoms with Gasteiger partial charge >= 0.3 is 0 Å². The average molecular weight is 408 g/mol. The fourth-order valence-electron chi connectivity index (χ4n) is 3.67. The highest BCUT2D eigenvalue weighted by Gasteiger charge is 2.44. The Morgan fingerprint density at radius 2 is 1.79 bits per heavy atom. The number of amides is 1. The summed E-state index contributed by atoms with van der Waals surface area (Å²) < 4.78 is 58.4. The molecule has 2 atom stereocenters. The van der Waals surface area contributed by atoms with E-state index in [1.54, 1.807) is 19.2 Å². The Morgan fingerprint density at radius 3 is 2.46 bits per heavy atom. The number of nitrogens with zero attached hydrogens (tertiary/aromatic N) is 2. The molecule has 1 fully saturated rings. The molecule has 0 bridgehead atoms. The van der Waals surface area contributed by atoms with Gasteiger partial charge in [-0.05, 0) is 29.8 Å². The van der Waals surface area contributed by atoms with E-state index >= 15 is 0 Å². The van der Waals surface area contributed by atoms with Crippen molar-refractivity contribution >= 4 is 15.9 Å². The molecule has 2 aromatic carbocycles. The summed E-state index contributed by atoms with van der Waals surface area (Å²) in [6.07, 6.45) is 0.571. The second-order valence-electron chi connectivity index (χ2n) is 7.05. The number of sulfonamides is 1. The van der Waals surface area contributed by atoms with Crippen LogP contribution in [0.2, 0.25) is 0 Å². The minimum Gasteiger partial charge on any atom is -0.486 e. The third kappa shape index (κ3) is 3.14. The van der Waals surface area contributed by atoms with E-state index in [4.69, 9.17) is 4.74 Å². The Labute approximate surface area is 161 Å². The molecule has 1 saturated heterocycles. The monoisotopic (exact) mass is 408 g/mol. The van der Waals surface area contributed by atoms with Gasteiger partial charge in [0.2, 0.25) is 10.0 Å². The van der Waals surface area contributed by atoms with E-state index in [2.05, 4.69) is 0 Å². The minimum atomic E-state index is -3.42. The van der Waals surface area contributed by atoms with Crippen molar-refractivity contribution in [2.75, 3.05) is 26.4 Å². The highest BCUT2D eigenvalue weighted by atomic mass is 32.2. The second kappa shape index (κ2) is 6.52. The first-order chi connectivity index (χ1) is 13.1. The highest BCUT2D eigenvalue weighted by Crippen LogP contribution is 2.35. The Morgan fingerprint density at radius 1 is 1.07 bits per heavy atom. The lowest BCUT2D eigenvalue weighted by molar-refractivity contribution is 0.0683. The number of hydrogen-bond acceptors (Lipinski definition) is 4. The van der Waals surface area contributed by atoms with Gasteiger partial charge in [-0.2, -0.15) is 4.31 Å². The fourth-order valence-corrected chi connectivity index (χ4v) is 4.51. The standard InChI is InChI=1S/C19H18F2N2O4S/c1-22-16-9-23(28(2,25)26)10-18(16)27-17-7-11(3-5-14(17)19(22)24)13-6-4-12(20)8-15(13)21/h3-8,16,18H,9-10H2,1-2H3. The maximum Gasteiger partial charge on any atom is 0.257 e. The average Bonchev–Trinajstić information content (AvgIpc) is 3.01. The number of ether oxygens (including phenoxy) is 1. The normalized spacial score (nSPS) is 22.4. The smallest absolute Gasteiger partial charge is 0.257 e. The van der Waals surface area contributed by atoms with E-state index in [1.165, 1.54) is 21.3 Å². The van der Waals surface area contributed by atoms with E-state index < -0.39 is 33.8 Å². The predicted molar refractivity (Wildman–Crippen MR) is 98.5 cm³/mol. The maximum atomic E-state index is 14.2. The van der Waals surface area contributed by atoms with Gasteiger partial charge in [-0.1, -0.05) is 6.07 Å². The molecule has 28 heavy (non-hydrogen) atoms. The lowest BCUT2D eigenvalue weighted by Crippen LogP contribution is -2.44. The van der Waals surface area contributed by atoms with Crippen molar-refractivity contribution in [2.24, 2.45) is 0 Å². The zero-order chi connectivity index (χ0) is 20.2. The van der Waals surface area contributed by atoms with Gasteiger partial charge in [0.05, 0.1) is 24.4 Å². The number of carbonyl (C=O) groups is 1. The van der Waals surface area contributed by atoms with E-state index in [-0.39, 0.29) is 30.3 Å². The number of rotatable bonds is 2. The lowest BCUT2D eigenvalue weighted by Gasteiger charge is -2.25. The van der Waals surface area contributed by atoms with Crippen LogP contribution in [0.15, 0.2) is 36.4 Å². The Kier molecular flexibility index (Phi) is 4.39. The van der Waals surface area contributed by atoms with E-state index in [0.717, 1.165) is 18.4 Å². The third-order valence-corrected chi connectivity index (χ3v) is 6.46. The van der Waals surface area contributed by atoms with E-state index in [1.807, 2.05) is 0 Å². The van der Waals surface area contributed by atoms with Crippen molar-refractivity contribution in [1.82, 2.24) is 9.21 Å². The molecular formula is C19H18F2N2O4S. The summed E-state index contributed by atoms with van der Waals surface area (Å²) in [7, 11) is -1.81. The largest absolute Gasteiger partial charge is 0.486 e. The zero-order valence-electron chi connectivity index (χ0n) is 15.2. The summed E-state index contributed by atoms with van der Waals surface area (Å²) >= 11 is 0. The van der Waals surface area contributed by atoms with Crippen LogP contribution >= 0.6 is 0 Å². The molecule has 2 unspecified atom stereocenters. The third-order valence-electron chi connectivity index (χ3n) is 5.22. The van der Waals surface area contributed by atoms with Crippen LogP contribution in [0.5, 0.6) is 5.75 Å². The molecule has 0 aromatic heterocycles. The first-order valence-electron chi connectivity index (χ1n) is 8.63. The maximum absolute atomic E-state index is 14.2. The summed E-state index contributed by atoms with van der Waals surface area (Å²) in [4.78, 5) is 14.3. The van der Waals surface area contributed by atoms with Gasteiger partial charge in [0.1, 0.15) is 23.5 Å². The number of carbonyl (C=O) groups excluding carboxylic acids is 1. The number of likely N-dealkylation sites (N-methyl/N-ethyl adjacent to an activating group) is 1. The molecule has 0 saturated carbocycles. The van der Waals surface area contributed by atoms with Crippen LogP contribution in [-0.4, -0.2) is 62.1 Å². The van der Waals surface area contributed by atoms with Gasteiger partial charge in [-0.25, -0.2) is 17.2 Å². The SMILES string of the molecule is CN1C(=O)c2ccc(-c3ccc(F)cc3F)cc2OC2CN(S(C)(=O)=O)CC21. The molecule has 4 rings (SSSR count). The summed E-state index contributed by atoms with van der Waals surface area (Å²) in [5.74, 6) is -1.46. The van der Waals surface area contributed by atoms with Crippen LogP contribution in [-0.2, 0) is 10.0 Å². The summed E-state index contributed by atoms with van der Waals surface area (Å²) in [6.45, 7) is 0.273. The molecule has 2 aliphatic heterocycles. The molecule has 2 heterocycles. The molecule has 1 amide bonds. The van der Waals surface area contributed by atoms with Crippen molar-refractivity contribution < 1.29 is 26.7 Å². The molecule has 148 valence electrons. The molecule has 0 radical (unpaired) electrons. The fraction of sp³-hybridized carbons (Fsp3) is 0.316. The first-order valence-corrected chi connectivity index (χ1v) is 10.5. The first kappa shape index (κ1) is 18.8. The Hall–Kier alpha value is -2.52. The number of fused-ring (bicyclic) bond motifs is 2. The number of hydrogen-bond donors (Lipinski definition) is 0. The van der Waals surface area contributed by atoms with Crippen LogP contribution in [0.4, 0.5) is 8.78 Å². The molecule has 0 aliphatic carbocycles.